The lowest BCUT2D eigenvalue weighted by Gasteiger charge is -2.32. The molecule has 2 rings (SSSR count). The van der Waals surface area contributed by atoms with Gasteiger partial charge in [-0.1, -0.05) is 109 Å². The van der Waals surface area contributed by atoms with Crippen LogP contribution in [0.3, 0.4) is 0 Å². The van der Waals surface area contributed by atoms with Crippen molar-refractivity contribution in [2.24, 2.45) is 0 Å². The molecule has 5 heteroatoms. The second-order valence-electron chi connectivity index (χ2n) is 15.5. The number of rotatable bonds is 8. The number of phenols is 2. The van der Waals surface area contributed by atoms with Crippen molar-refractivity contribution in [1.82, 2.24) is 0 Å². The molecular formula is C34H56O4Si. The summed E-state index contributed by atoms with van der Waals surface area (Å²) >= 11 is 0. The summed E-state index contributed by atoms with van der Waals surface area (Å²) in [5, 5.41) is 22.2. The molecule has 0 heterocycles. The average Bonchev–Trinajstić information content (AvgIpc) is 2.78. The molecule has 2 aromatic rings. The molecule has 2 N–H and O–H groups in total. The molecule has 39 heavy (non-hydrogen) atoms. The van der Waals surface area contributed by atoms with Crippen LogP contribution in [0.5, 0.6) is 23.0 Å². The first-order valence-corrected chi connectivity index (χ1v) is 17.4. The van der Waals surface area contributed by atoms with Crippen molar-refractivity contribution in [3.8, 4) is 23.0 Å². The number of hydrogen-bond acceptors (Lipinski definition) is 4. The lowest BCUT2D eigenvalue weighted by molar-refractivity contribution is 0.335. The maximum Gasteiger partial charge on any atom is 0.141 e. The fourth-order valence-corrected chi connectivity index (χ4v) is 7.19. The van der Waals surface area contributed by atoms with Crippen LogP contribution in [0.2, 0.25) is 12.1 Å². The Hall–Kier alpha value is -2.14. The second-order valence-corrected chi connectivity index (χ2v) is 20.5. The lowest BCUT2D eigenvalue weighted by atomic mass is 9.79. The third-order valence-corrected chi connectivity index (χ3v) is 12.5. The normalized spacial score (nSPS) is 13.5. The van der Waals surface area contributed by atoms with Gasteiger partial charge in [-0.05, 0) is 45.9 Å². The highest BCUT2D eigenvalue weighted by Crippen LogP contribution is 2.43. The SMILES string of the molecule is CC[Si](CC)(COc1cc(C(C)(C)C)c(O)c(C(C)(C)C)c1)COc1cc(C(C)(C)C)c(O)c(C(C)(C)C)c1. The van der Waals surface area contributed by atoms with Gasteiger partial charge >= 0.3 is 0 Å². The minimum absolute atomic E-state index is 0.203. The standard InChI is InChI=1S/C34H56O4Si/c1-15-39(16-2,21-37-23-17-25(31(3,4)5)29(35)26(18-23)32(6,7)8)22-38-24-19-27(33(9,10)11)30(36)28(20-24)34(12,13)14/h17-20,35-36H,15-16,21-22H2,1-14H3. The number of benzene rings is 2. The van der Waals surface area contributed by atoms with Crippen LogP contribution < -0.4 is 9.47 Å². The molecule has 0 amide bonds. The number of ether oxygens (including phenoxy) is 2. The number of phenolic OH excluding ortho intramolecular Hbond substituents is 2. The summed E-state index contributed by atoms with van der Waals surface area (Å²) < 4.78 is 13.1. The van der Waals surface area contributed by atoms with Gasteiger partial charge in [0.25, 0.3) is 0 Å². The largest absolute Gasteiger partial charge is 0.507 e. The molecule has 0 atom stereocenters. The summed E-state index contributed by atoms with van der Waals surface area (Å²) in [5.74, 6) is 2.38. The van der Waals surface area contributed by atoms with Crippen LogP contribution in [0, 0.1) is 0 Å². The van der Waals surface area contributed by atoms with E-state index in [0.29, 0.717) is 24.0 Å². The summed E-state index contributed by atoms with van der Waals surface area (Å²) in [6.07, 6.45) is 1.29. The van der Waals surface area contributed by atoms with E-state index in [2.05, 4.69) is 96.9 Å². The van der Waals surface area contributed by atoms with Crippen LogP contribution in [0.1, 0.15) is 119 Å². The van der Waals surface area contributed by atoms with Gasteiger partial charge in [0.15, 0.2) is 0 Å². The van der Waals surface area contributed by atoms with Crippen molar-refractivity contribution in [3.05, 3.63) is 46.5 Å². The van der Waals surface area contributed by atoms with Crippen LogP contribution >= 0.6 is 0 Å². The van der Waals surface area contributed by atoms with E-state index in [0.717, 1.165) is 45.8 Å². The summed E-state index contributed by atoms with van der Waals surface area (Å²) in [6.45, 7) is 30.0. The smallest absolute Gasteiger partial charge is 0.141 e. The molecule has 0 saturated carbocycles. The van der Waals surface area contributed by atoms with Crippen LogP contribution in [0.25, 0.3) is 0 Å². The molecule has 0 saturated heterocycles. The molecule has 220 valence electrons. The third-order valence-electron chi connectivity index (χ3n) is 7.99. The van der Waals surface area contributed by atoms with E-state index < -0.39 is 8.07 Å². The molecule has 0 aromatic heterocycles. The quantitative estimate of drug-likeness (QED) is 0.318. The Morgan fingerprint density at radius 2 is 0.744 bits per heavy atom. The highest BCUT2D eigenvalue weighted by molar-refractivity contribution is 6.79. The van der Waals surface area contributed by atoms with Crippen molar-refractivity contribution >= 4 is 8.07 Å². The van der Waals surface area contributed by atoms with E-state index in [4.69, 9.17) is 9.47 Å². The molecule has 0 unspecified atom stereocenters. The van der Waals surface area contributed by atoms with Gasteiger partial charge in [-0.3, -0.25) is 0 Å². The summed E-state index contributed by atoms with van der Waals surface area (Å²) in [6, 6.07) is 10.1. The van der Waals surface area contributed by atoms with Gasteiger partial charge < -0.3 is 19.7 Å². The molecule has 0 spiro atoms. The molecule has 4 nitrogen and oxygen atoms in total. The molecule has 0 bridgehead atoms. The first kappa shape index (κ1) is 33.1. The first-order chi connectivity index (χ1) is 17.6. The van der Waals surface area contributed by atoms with E-state index >= 15 is 0 Å². The molecule has 0 fully saturated rings. The molecule has 0 aliphatic rings. The Morgan fingerprint density at radius 3 is 0.923 bits per heavy atom. The van der Waals surface area contributed by atoms with Crippen molar-refractivity contribution in [2.75, 3.05) is 12.5 Å². The van der Waals surface area contributed by atoms with Crippen molar-refractivity contribution < 1.29 is 19.7 Å². The molecule has 2 aromatic carbocycles. The Balaban J connectivity index is 2.42. The van der Waals surface area contributed by atoms with E-state index in [1.165, 1.54) is 0 Å². The van der Waals surface area contributed by atoms with Gasteiger partial charge in [-0.2, -0.15) is 0 Å². The minimum atomic E-state index is -1.96. The van der Waals surface area contributed by atoms with Gasteiger partial charge in [0.1, 0.15) is 31.1 Å². The second kappa shape index (κ2) is 11.4. The van der Waals surface area contributed by atoms with Gasteiger partial charge in [0, 0.05) is 22.3 Å². The maximum atomic E-state index is 11.1. The Morgan fingerprint density at radius 1 is 0.513 bits per heavy atom. The monoisotopic (exact) mass is 556 g/mol. The third kappa shape index (κ3) is 7.96. The van der Waals surface area contributed by atoms with Crippen LogP contribution in [0.15, 0.2) is 24.3 Å². The van der Waals surface area contributed by atoms with Gasteiger partial charge in [0.05, 0.1) is 12.5 Å². The fourth-order valence-electron chi connectivity index (χ4n) is 4.84. The van der Waals surface area contributed by atoms with Crippen LogP contribution in [-0.2, 0) is 21.7 Å². The Labute approximate surface area is 240 Å². The summed E-state index contributed by atoms with van der Waals surface area (Å²) in [7, 11) is -1.96. The Kier molecular flexibility index (Phi) is 9.65. The topological polar surface area (TPSA) is 58.9 Å². The lowest BCUT2D eigenvalue weighted by Crippen LogP contribution is -2.46. The van der Waals surface area contributed by atoms with Gasteiger partial charge in [-0.25, -0.2) is 0 Å². The summed E-state index contributed by atoms with van der Waals surface area (Å²) in [5.41, 5.74) is 2.83. The van der Waals surface area contributed by atoms with E-state index in [-0.39, 0.29) is 21.7 Å². The Bertz CT molecular complexity index is 976. The zero-order chi connectivity index (χ0) is 30.2. The predicted octanol–water partition coefficient (Wildman–Crippen LogP) is 9.31. The highest BCUT2D eigenvalue weighted by Gasteiger charge is 2.34. The fraction of sp³-hybridized carbons (Fsp3) is 0.647. The highest BCUT2D eigenvalue weighted by atomic mass is 28.3. The molecule has 0 aliphatic carbocycles. The van der Waals surface area contributed by atoms with E-state index in [1.807, 2.05) is 24.3 Å². The van der Waals surface area contributed by atoms with Crippen molar-refractivity contribution in [3.63, 3.8) is 0 Å². The summed E-state index contributed by atoms with van der Waals surface area (Å²) in [4.78, 5) is 0. The number of hydrogen-bond donors (Lipinski definition) is 2. The zero-order valence-electron chi connectivity index (χ0n) is 27.3. The van der Waals surface area contributed by atoms with Crippen molar-refractivity contribution in [1.29, 1.82) is 0 Å². The van der Waals surface area contributed by atoms with Gasteiger partial charge in [-0.15, -0.1) is 0 Å². The maximum absolute atomic E-state index is 11.1. The molecular weight excluding hydrogens is 500 g/mol. The van der Waals surface area contributed by atoms with Crippen molar-refractivity contribution in [2.45, 2.75) is 131 Å². The zero-order valence-corrected chi connectivity index (χ0v) is 28.3. The predicted molar refractivity (Wildman–Crippen MR) is 169 cm³/mol. The van der Waals surface area contributed by atoms with Crippen LogP contribution in [-0.4, -0.2) is 30.7 Å². The number of aromatic hydroxyl groups is 2. The molecule has 0 aliphatic heterocycles. The first-order valence-electron chi connectivity index (χ1n) is 14.6. The van der Waals surface area contributed by atoms with Gasteiger partial charge in [0.2, 0.25) is 0 Å². The van der Waals surface area contributed by atoms with Crippen LogP contribution in [0.4, 0.5) is 0 Å². The minimum Gasteiger partial charge on any atom is -0.507 e. The molecule has 0 radical (unpaired) electrons. The van der Waals surface area contributed by atoms with E-state index in [9.17, 15) is 10.2 Å². The average molecular weight is 557 g/mol. The van der Waals surface area contributed by atoms with E-state index in [1.54, 1.807) is 0 Å².